The first-order valence-corrected chi connectivity index (χ1v) is 9.74. The SMILES string of the molecule is CCC(C)NC(=O)CN1CCN(Cc2coc(-c3cccs3)n2)CC1. The molecule has 0 spiro atoms. The largest absolute Gasteiger partial charge is 0.444 e. The van der Waals surface area contributed by atoms with Crippen LogP contribution in [0.25, 0.3) is 10.8 Å². The first-order chi connectivity index (χ1) is 12.1. The van der Waals surface area contributed by atoms with E-state index in [0.29, 0.717) is 12.4 Å². The number of nitrogens with zero attached hydrogens (tertiary/aromatic N) is 3. The maximum atomic E-state index is 12.0. The average molecular weight is 362 g/mol. The number of oxazole rings is 1. The van der Waals surface area contributed by atoms with E-state index in [9.17, 15) is 4.79 Å². The summed E-state index contributed by atoms with van der Waals surface area (Å²) >= 11 is 1.63. The van der Waals surface area contributed by atoms with Crippen molar-refractivity contribution in [1.82, 2.24) is 20.1 Å². The lowest BCUT2D eigenvalue weighted by atomic mass is 10.2. The molecule has 0 aromatic carbocycles. The van der Waals surface area contributed by atoms with E-state index < -0.39 is 0 Å². The Morgan fingerprint density at radius 2 is 2.12 bits per heavy atom. The van der Waals surface area contributed by atoms with Gasteiger partial charge in [-0.05, 0) is 24.8 Å². The molecule has 1 fully saturated rings. The highest BCUT2D eigenvalue weighted by molar-refractivity contribution is 7.13. The van der Waals surface area contributed by atoms with Crippen molar-refractivity contribution in [3.8, 4) is 10.8 Å². The molecular formula is C18H26N4O2S. The van der Waals surface area contributed by atoms with Gasteiger partial charge in [0.1, 0.15) is 6.26 Å². The topological polar surface area (TPSA) is 61.6 Å². The summed E-state index contributed by atoms with van der Waals surface area (Å²) in [5.74, 6) is 0.824. The normalized spacial score (nSPS) is 17.5. The van der Waals surface area contributed by atoms with E-state index in [1.54, 1.807) is 17.6 Å². The van der Waals surface area contributed by atoms with Crippen molar-refractivity contribution in [2.24, 2.45) is 0 Å². The van der Waals surface area contributed by atoms with Crippen LogP contribution in [-0.4, -0.2) is 59.5 Å². The van der Waals surface area contributed by atoms with Gasteiger partial charge in [-0.1, -0.05) is 13.0 Å². The van der Waals surface area contributed by atoms with Gasteiger partial charge in [0.2, 0.25) is 11.8 Å². The molecule has 1 N–H and O–H groups in total. The highest BCUT2D eigenvalue weighted by Gasteiger charge is 2.20. The van der Waals surface area contributed by atoms with Gasteiger partial charge in [-0.25, -0.2) is 4.98 Å². The van der Waals surface area contributed by atoms with Crippen LogP contribution in [0.2, 0.25) is 0 Å². The smallest absolute Gasteiger partial charge is 0.236 e. The number of thiophene rings is 1. The summed E-state index contributed by atoms with van der Waals surface area (Å²) < 4.78 is 5.58. The Labute approximate surface area is 152 Å². The highest BCUT2D eigenvalue weighted by Crippen LogP contribution is 2.24. The molecule has 1 unspecified atom stereocenters. The number of carbonyl (C=O) groups is 1. The molecule has 0 radical (unpaired) electrons. The van der Waals surface area contributed by atoms with Crippen LogP contribution in [0, 0.1) is 0 Å². The number of rotatable bonds is 7. The fourth-order valence-corrected chi connectivity index (χ4v) is 3.51. The van der Waals surface area contributed by atoms with E-state index in [1.807, 2.05) is 24.4 Å². The number of nitrogens with one attached hydrogen (secondary N) is 1. The Bertz CT molecular complexity index is 662. The molecule has 1 amide bonds. The molecular weight excluding hydrogens is 336 g/mol. The second-order valence-electron chi connectivity index (χ2n) is 6.55. The van der Waals surface area contributed by atoms with E-state index >= 15 is 0 Å². The van der Waals surface area contributed by atoms with E-state index in [-0.39, 0.29) is 11.9 Å². The fraction of sp³-hybridized carbons (Fsp3) is 0.556. The molecule has 0 saturated carbocycles. The maximum Gasteiger partial charge on any atom is 0.236 e. The van der Waals surface area contributed by atoms with Crippen molar-refractivity contribution in [3.05, 3.63) is 29.5 Å². The van der Waals surface area contributed by atoms with E-state index in [1.165, 1.54) is 0 Å². The first kappa shape index (κ1) is 18.1. The minimum atomic E-state index is 0.125. The summed E-state index contributed by atoms with van der Waals surface area (Å²) in [5.41, 5.74) is 0.964. The van der Waals surface area contributed by atoms with Crippen LogP contribution in [0.3, 0.4) is 0 Å². The molecule has 25 heavy (non-hydrogen) atoms. The van der Waals surface area contributed by atoms with E-state index in [2.05, 4.69) is 27.0 Å². The molecule has 2 aromatic heterocycles. The molecule has 7 heteroatoms. The molecule has 1 atom stereocenters. The molecule has 1 saturated heterocycles. The number of hydrogen-bond acceptors (Lipinski definition) is 6. The van der Waals surface area contributed by atoms with Gasteiger partial charge in [-0.15, -0.1) is 11.3 Å². The minimum Gasteiger partial charge on any atom is -0.444 e. The van der Waals surface area contributed by atoms with Gasteiger partial charge in [0.25, 0.3) is 0 Å². The van der Waals surface area contributed by atoms with Crippen LogP contribution in [0.1, 0.15) is 26.0 Å². The predicted octanol–water partition coefficient (Wildman–Crippen LogP) is 2.44. The zero-order valence-electron chi connectivity index (χ0n) is 14.9. The van der Waals surface area contributed by atoms with Crippen molar-refractivity contribution >= 4 is 17.2 Å². The van der Waals surface area contributed by atoms with Gasteiger partial charge in [-0.3, -0.25) is 14.6 Å². The third-order valence-electron chi connectivity index (χ3n) is 4.52. The zero-order chi connectivity index (χ0) is 17.6. The second kappa shape index (κ2) is 8.60. The van der Waals surface area contributed by atoms with Gasteiger partial charge in [0, 0.05) is 38.8 Å². The third kappa shape index (κ3) is 5.14. The minimum absolute atomic E-state index is 0.125. The van der Waals surface area contributed by atoms with Crippen LogP contribution in [0.15, 0.2) is 28.2 Å². The molecule has 2 aromatic rings. The van der Waals surface area contributed by atoms with Crippen molar-refractivity contribution in [1.29, 1.82) is 0 Å². The maximum absolute atomic E-state index is 12.0. The van der Waals surface area contributed by atoms with Crippen LogP contribution in [-0.2, 0) is 11.3 Å². The summed E-state index contributed by atoms with van der Waals surface area (Å²) in [6.45, 7) is 9.10. The summed E-state index contributed by atoms with van der Waals surface area (Å²) in [4.78, 5) is 22.2. The number of piperazine rings is 1. The van der Waals surface area contributed by atoms with E-state index in [4.69, 9.17) is 4.42 Å². The molecule has 136 valence electrons. The molecule has 6 nitrogen and oxygen atoms in total. The Morgan fingerprint density at radius 3 is 2.80 bits per heavy atom. The molecule has 3 heterocycles. The van der Waals surface area contributed by atoms with E-state index in [0.717, 1.165) is 49.7 Å². The van der Waals surface area contributed by atoms with Gasteiger partial charge in [-0.2, -0.15) is 0 Å². The Hall–Kier alpha value is -1.70. The fourth-order valence-electron chi connectivity index (χ4n) is 2.85. The van der Waals surface area contributed by atoms with Crippen LogP contribution in [0.5, 0.6) is 0 Å². The third-order valence-corrected chi connectivity index (χ3v) is 5.38. The van der Waals surface area contributed by atoms with Crippen molar-refractivity contribution in [2.75, 3.05) is 32.7 Å². The van der Waals surface area contributed by atoms with Gasteiger partial charge in [0.15, 0.2) is 0 Å². The first-order valence-electron chi connectivity index (χ1n) is 8.86. The van der Waals surface area contributed by atoms with Gasteiger partial charge in [0.05, 0.1) is 17.1 Å². The number of carbonyl (C=O) groups excluding carboxylic acids is 1. The lowest BCUT2D eigenvalue weighted by molar-refractivity contribution is -0.123. The predicted molar refractivity (Wildman–Crippen MR) is 99.4 cm³/mol. The lowest BCUT2D eigenvalue weighted by Gasteiger charge is -2.33. The van der Waals surface area contributed by atoms with Crippen LogP contribution >= 0.6 is 11.3 Å². The Kier molecular flexibility index (Phi) is 6.23. The number of hydrogen-bond donors (Lipinski definition) is 1. The van der Waals surface area contributed by atoms with Crippen LogP contribution in [0.4, 0.5) is 0 Å². The van der Waals surface area contributed by atoms with Crippen molar-refractivity contribution < 1.29 is 9.21 Å². The van der Waals surface area contributed by atoms with Gasteiger partial charge < -0.3 is 9.73 Å². The molecule has 1 aliphatic rings. The Morgan fingerprint density at radius 1 is 1.36 bits per heavy atom. The molecule has 3 rings (SSSR count). The Balaban J connectivity index is 1.43. The summed E-state index contributed by atoms with van der Waals surface area (Å²) in [6, 6.07) is 4.27. The second-order valence-corrected chi connectivity index (χ2v) is 7.50. The van der Waals surface area contributed by atoms with Crippen LogP contribution < -0.4 is 5.32 Å². The summed E-state index contributed by atoms with van der Waals surface area (Å²) in [7, 11) is 0. The lowest BCUT2D eigenvalue weighted by Crippen LogP contribution is -2.49. The number of aromatic nitrogens is 1. The average Bonchev–Trinajstić information content (AvgIpc) is 3.27. The standard InChI is InChI=1S/C18H26N4O2S/c1-3-14(2)19-17(23)12-22-8-6-21(7-9-22)11-15-13-24-18(20-15)16-5-4-10-25-16/h4-5,10,13-14H,3,6-9,11-12H2,1-2H3,(H,19,23). The van der Waals surface area contributed by atoms with Crippen molar-refractivity contribution in [3.63, 3.8) is 0 Å². The van der Waals surface area contributed by atoms with Gasteiger partial charge >= 0.3 is 0 Å². The molecule has 0 bridgehead atoms. The monoisotopic (exact) mass is 362 g/mol. The number of amides is 1. The summed E-state index contributed by atoms with van der Waals surface area (Å²) in [6.07, 6.45) is 2.71. The summed E-state index contributed by atoms with van der Waals surface area (Å²) in [5, 5.41) is 5.05. The van der Waals surface area contributed by atoms with Crippen molar-refractivity contribution in [2.45, 2.75) is 32.9 Å². The molecule has 0 aliphatic carbocycles. The highest BCUT2D eigenvalue weighted by atomic mass is 32.1. The molecule has 1 aliphatic heterocycles. The quantitative estimate of drug-likeness (QED) is 0.820. The zero-order valence-corrected chi connectivity index (χ0v) is 15.7.